The van der Waals surface area contributed by atoms with Crippen LogP contribution in [0.5, 0.6) is 0 Å². The number of halogens is 2. The molecule has 0 radical (unpaired) electrons. The SMILES string of the molecule is CC(CC#N)C(O)c1c(F)cccc1Cl. The maximum absolute atomic E-state index is 13.4. The Balaban J connectivity index is 3.01. The van der Waals surface area contributed by atoms with Crippen LogP contribution >= 0.6 is 11.6 Å². The van der Waals surface area contributed by atoms with Gasteiger partial charge in [0, 0.05) is 17.0 Å². The Hall–Kier alpha value is -1.11. The molecule has 0 aromatic heterocycles. The highest BCUT2D eigenvalue weighted by molar-refractivity contribution is 6.31. The van der Waals surface area contributed by atoms with Gasteiger partial charge >= 0.3 is 0 Å². The molecule has 0 bridgehead atoms. The summed E-state index contributed by atoms with van der Waals surface area (Å²) in [5, 5.41) is 18.5. The average molecular weight is 228 g/mol. The van der Waals surface area contributed by atoms with Gasteiger partial charge in [0.05, 0.1) is 12.2 Å². The fourth-order valence-electron chi connectivity index (χ4n) is 1.33. The average Bonchev–Trinajstić information content (AvgIpc) is 2.17. The highest BCUT2D eigenvalue weighted by atomic mass is 35.5. The molecule has 0 saturated carbocycles. The van der Waals surface area contributed by atoms with Crippen molar-refractivity contribution >= 4 is 11.6 Å². The topological polar surface area (TPSA) is 44.0 Å². The predicted molar refractivity (Wildman–Crippen MR) is 55.8 cm³/mol. The lowest BCUT2D eigenvalue weighted by Crippen LogP contribution is -2.11. The number of nitrogens with zero attached hydrogens (tertiary/aromatic N) is 1. The Labute approximate surface area is 92.9 Å². The van der Waals surface area contributed by atoms with Crippen molar-refractivity contribution in [2.75, 3.05) is 0 Å². The van der Waals surface area contributed by atoms with Gasteiger partial charge in [-0.25, -0.2) is 4.39 Å². The van der Waals surface area contributed by atoms with Crippen LogP contribution in [0.1, 0.15) is 25.0 Å². The minimum absolute atomic E-state index is 0.0712. The summed E-state index contributed by atoms with van der Waals surface area (Å²) in [5.41, 5.74) is 0.0712. The maximum Gasteiger partial charge on any atom is 0.130 e. The first-order chi connectivity index (χ1) is 7.07. The molecule has 2 unspecified atom stereocenters. The third-order valence-corrected chi connectivity index (χ3v) is 2.58. The molecule has 1 aromatic rings. The maximum atomic E-state index is 13.4. The molecule has 1 N–H and O–H groups in total. The molecule has 0 aliphatic carbocycles. The number of rotatable bonds is 3. The Kier molecular flexibility index (Phi) is 4.07. The highest BCUT2D eigenvalue weighted by Crippen LogP contribution is 2.31. The van der Waals surface area contributed by atoms with Crippen LogP contribution in [0, 0.1) is 23.1 Å². The number of hydrogen-bond donors (Lipinski definition) is 1. The summed E-state index contributed by atoms with van der Waals surface area (Å²) in [5.74, 6) is -0.885. The fraction of sp³-hybridized carbons (Fsp3) is 0.364. The molecular weight excluding hydrogens is 217 g/mol. The van der Waals surface area contributed by atoms with E-state index in [1.165, 1.54) is 18.2 Å². The zero-order chi connectivity index (χ0) is 11.4. The van der Waals surface area contributed by atoms with Crippen LogP contribution in [0.15, 0.2) is 18.2 Å². The molecule has 1 rings (SSSR count). The molecule has 2 atom stereocenters. The number of aliphatic hydroxyl groups excluding tert-OH is 1. The predicted octanol–water partition coefficient (Wildman–Crippen LogP) is 3.06. The molecule has 0 saturated heterocycles. The van der Waals surface area contributed by atoms with Crippen LogP contribution in [-0.2, 0) is 0 Å². The zero-order valence-electron chi connectivity index (χ0n) is 8.24. The summed E-state index contributed by atoms with van der Waals surface area (Å²) in [6.45, 7) is 1.68. The molecule has 0 aliphatic heterocycles. The summed E-state index contributed by atoms with van der Waals surface area (Å²) in [6.07, 6.45) is -0.885. The molecular formula is C11H11ClFNO. The molecule has 15 heavy (non-hydrogen) atoms. The molecule has 0 aliphatic rings. The fourth-order valence-corrected chi connectivity index (χ4v) is 1.61. The van der Waals surface area contributed by atoms with E-state index in [0.29, 0.717) is 0 Å². The van der Waals surface area contributed by atoms with E-state index in [1.807, 2.05) is 6.07 Å². The smallest absolute Gasteiger partial charge is 0.130 e. The summed E-state index contributed by atoms with van der Waals surface area (Å²) >= 11 is 5.79. The normalized spacial score (nSPS) is 14.3. The molecule has 2 nitrogen and oxygen atoms in total. The molecule has 0 amide bonds. The van der Waals surface area contributed by atoms with Gasteiger partial charge in [0.1, 0.15) is 5.82 Å². The van der Waals surface area contributed by atoms with Crippen molar-refractivity contribution in [3.8, 4) is 6.07 Å². The monoisotopic (exact) mass is 227 g/mol. The Bertz CT molecular complexity index is 368. The standard InChI is InChI=1S/C11H11ClFNO/c1-7(5-6-14)11(15)10-8(12)3-2-4-9(10)13/h2-4,7,11,15H,5H2,1H3. The first kappa shape index (κ1) is 12.0. The van der Waals surface area contributed by atoms with E-state index in [1.54, 1.807) is 6.92 Å². The summed E-state index contributed by atoms with van der Waals surface area (Å²) < 4.78 is 13.4. The molecule has 4 heteroatoms. The van der Waals surface area contributed by atoms with E-state index in [4.69, 9.17) is 16.9 Å². The van der Waals surface area contributed by atoms with Crippen molar-refractivity contribution in [2.24, 2.45) is 5.92 Å². The lowest BCUT2D eigenvalue weighted by molar-refractivity contribution is 0.116. The number of hydrogen-bond acceptors (Lipinski definition) is 2. The van der Waals surface area contributed by atoms with Gasteiger partial charge in [-0.2, -0.15) is 5.26 Å². The van der Waals surface area contributed by atoms with Gasteiger partial charge in [0.25, 0.3) is 0 Å². The van der Waals surface area contributed by atoms with Crippen LogP contribution in [0.4, 0.5) is 4.39 Å². The van der Waals surface area contributed by atoms with Crippen LogP contribution in [0.2, 0.25) is 5.02 Å². The Morgan fingerprint density at radius 1 is 1.60 bits per heavy atom. The van der Waals surface area contributed by atoms with Gasteiger partial charge in [-0.3, -0.25) is 0 Å². The molecule has 80 valence electrons. The number of aliphatic hydroxyl groups is 1. The van der Waals surface area contributed by atoms with Crippen molar-refractivity contribution in [3.63, 3.8) is 0 Å². The van der Waals surface area contributed by atoms with Crippen molar-refractivity contribution in [1.29, 1.82) is 5.26 Å². The molecule has 0 spiro atoms. The summed E-state index contributed by atoms with van der Waals surface area (Å²) in [4.78, 5) is 0. The van der Waals surface area contributed by atoms with E-state index in [0.717, 1.165) is 0 Å². The van der Waals surface area contributed by atoms with Crippen LogP contribution in [-0.4, -0.2) is 5.11 Å². The quantitative estimate of drug-likeness (QED) is 0.863. The number of benzene rings is 1. The van der Waals surface area contributed by atoms with Gasteiger partial charge in [-0.1, -0.05) is 24.6 Å². The summed E-state index contributed by atoms with van der Waals surface area (Å²) in [7, 11) is 0. The molecule has 1 aromatic carbocycles. The van der Waals surface area contributed by atoms with Gasteiger partial charge in [-0.15, -0.1) is 0 Å². The van der Waals surface area contributed by atoms with Gasteiger partial charge in [0.15, 0.2) is 0 Å². The Morgan fingerprint density at radius 2 is 2.27 bits per heavy atom. The Morgan fingerprint density at radius 3 is 2.80 bits per heavy atom. The van der Waals surface area contributed by atoms with E-state index in [2.05, 4.69) is 0 Å². The highest BCUT2D eigenvalue weighted by Gasteiger charge is 2.22. The third kappa shape index (κ3) is 2.68. The molecule has 0 fully saturated rings. The van der Waals surface area contributed by atoms with Crippen LogP contribution < -0.4 is 0 Å². The second-order valence-electron chi connectivity index (χ2n) is 3.42. The minimum Gasteiger partial charge on any atom is -0.388 e. The van der Waals surface area contributed by atoms with E-state index < -0.39 is 11.9 Å². The lowest BCUT2D eigenvalue weighted by Gasteiger charge is -2.18. The van der Waals surface area contributed by atoms with Gasteiger partial charge in [-0.05, 0) is 18.1 Å². The zero-order valence-corrected chi connectivity index (χ0v) is 9.00. The summed E-state index contributed by atoms with van der Waals surface area (Å²) in [6, 6.07) is 6.16. The van der Waals surface area contributed by atoms with Gasteiger partial charge < -0.3 is 5.11 Å². The van der Waals surface area contributed by atoms with Crippen LogP contribution in [0.3, 0.4) is 0 Å². The third-order valence-electron chi connectivity index (χ3n) is 2.25. The van der Waals surface area contributed by atoms with Crippen molar-refractivity contribution in [1.82, 2.24) is 0 Å². The number of nitriles is 1. The second kappa shape index (κ2) is 5.11. The van der Waals surface area contributed by atoms with E-state index in [9.17, 15) is 9.50 Å². The second-order valence-corrected chi connectivity index (χ2v) is 3.83. The first-order valence-corrected chi connectivity index (χ1v) is 4.94. The molecule has 0 heterocycles. The first-order valence-electron chi connectivity index (χ1n) is 4.56. The van der Waals surface area contributed by atoms with Crippen molar-refractivity contribution < 1.29 is 9.50 Å². The van der Waals surface area contributed by atoms with Crippen LogP contribution in [0.25, 0.3) is 0 Å². The van der Waals surface area contributed by atoms with E-state index >= 15 is 0 Å². The minimum atomic E-state index is -1.04. The largest absolute Gasteiger partial charge is 0.388 e. The van der Waals surface area contributed by atoms with Gasteiger partial charge in [0.2, 0.25) is 0 Å². The lowest BCUT2D eigenvalue weighted by atomic mass is 9.95. The van der Waals surface area contributed by atoms with E-state index in [-0.39, 0.29) is 22.9 Å². The van der Waals surface area contributed by atoms with Crippen molar-refractivity contribution in [2.45, 2.75) is 19.4 Å². The van der Waals surface area contributed by atoms with Crippen molar-refractivity contribution in [3.05, 3.63) is 34.6 Å².